The zero-order valence-corrected chi connectivity index (χ0v) is 11.4. The standard InChI is InChI=1S/C17H13NO3/c1-21-17(20)12-6-4-5-11(9-12)16(19)14-10-18-15-8-3-2-7-13(14)15/h2-10,18H,1H3. The molecule has 2 aromatic carbocycles. The molecule has 3 aromatic rings. The fourth-order valence-electron chi connectivity index (χ4n) is 2.32. The zero-order valence-electron chi connectivity index (χ0n) is 11.4. The summed E-state index contributed by atoms with van der Waals surface area (Å²) >= 11 is 0. The van der Waals surface area contributed by atoms with E-state index in [1.165, 1.54) is 7.11 Å². The van der Waals surface area contributed by atoms with Crippen LogP contribution >= 0.6 is 0 Å². The third-order valence-electron chi connectivity index (χ3n) is 3.38. The lowest BCUT2D eigenvalue weighted by Crippen LogP contribution is -2.05. The molecule has 0 fully saturated rings. The largest absolute Gasteiger partial charge is 0.465 e. The highest BCUT2D eigenvalue weighted by atomic mass is 16.5. The molecule has 0 aliphatic rings. The third-order valence-corrected chi connectivity index (χ3v) is 3.38. The predicted octanol–water partition coefficient (Wildman–Crippen LogP) is 3.19. The molecule has 21 heavy (non-hydrogen) atoms. The van der Waals surface area contributed by atoms with Gasteiger partial charge in [0.1, 0.15) is 0 Å². The second-order valence-electron chi connectivity index (χ2n) is 4.65. The van der Waals surface area contributed by atoms with Gasteiger partial charge in [0.2, 0.25) is 0 Å². The van der Waals surface area contributed by atoms with Crippen molar-refractivity contribution in [3.8, 4) is 0 Å². The second kappa shape index (κ2) is 5.25. The van der Waals surface area contributed by atoms with E-state index in [0.717, 1.165) is 10.9 Å². The Morgan fingerprint density at radius 2 is 1.76 bits per heavy atom. The van der Waals surface area contributed by atoms with Crippen LogP contribution in [0.5, 0.6) is 0 Å². The van der Waals surface area contributed by atoms with Crippen molar-refractivity contribution in [2.75, 3.05) is 7.11 Å². The molecular weight excluding hydrogens is 266 g/mol. The summed E-state index contributed by atoms with van der Waals surface area (Å²) in [5.41, 5.74) is 2.32. The highest BCUT2D eigenvalue weighted by molar-refractivity contribution is 6.16. The van der Waals surface area contributed by atoms with Crippen molar-refractivity contribution in [3.63, 3.8) is 0 Å². The van der Waals surface area contributed by atoms with Gasteiger partial charge in [-0.05, 0) is 18.2 Å². The number of esters is 1. The van der Waals surface area contributed by atoms with Crippen LogP contribution in [0.15, 0.2) is 54.7 Å². The van der Waals surface area contributed by atoms with Crippen molar-refractivity contribution in [1.29, 1.82) is 0 Å². The number of rotatable bonds is 3. The molecule has 0 aliphatic heterocycles. The molecule has 0 bridgehead atoms. The van der Waals surface area contributed by atoms with Gasteiger partial charge >= 0.3 is 5.97 Å². The molecule has 0 aliphatic carbocycles. The molecule has 1 N–H and O–H groups in total. The van der Waals surface area contributed by atoms with E-state index in [-0.39, 0.29) is 5.78 Å². The van der Waals surface area contributed by atoms with Crippen molar-refractivity contribution in [2.45, 2.75) is 0 Å². The number of benzene rings is 2. The number of hydrogen-bond acceptors (Lipinski definition) is 3. The van der Waals surface area contributed by atoms with E-state index in [9.17, 15) is 9.59 Å². The fourth-order valence-corrected chi connectivity index (χ4v) is 2.32. The van der Waals surface area contributed by atoms with Crippen LogP contribution in [0.4, 0.5) is 0 Å². The van der Waals surface area contributed by atoms with Gasteiger partial charge < -0.3 is 9.72 Å². The summed E-state index contributed by atoms with van der Waals surface area (Å²) in [4.78, 5) is 27.2. The molecule has 4 heteroatoms. The lowest BCUT2D eigenvalue weighted by atomic mass is 10.0. The summed E-state index contributed by atoms with van der Waals surface area (Å²) in [5, 5.41) is 0.867. The summed E-state index contributed by atoms with van der Waals surface area (Å²) in [6.07, 6.45) is 1.69. The molecule has 0 amide bonds. The lowest BCUT2D eigenvalue weighted by molar-refractivity contribution is 0.0600. The van der Waals surface area contributed by atoms with Gasteiger partial charge in [0.15, 0.2) is 5.78 Å². The number of hydrogen-bond donors (Lipinski definition) is 1. The molecule has 4 nitrogen and oxygen atoms in total. The van der Waals surface area contributed by atoms with E-state index in [0.29, 0.717) is 16.7 Å². The number of methoxy groups -OCH3 is 1. The van der Waals surface area contributed by atoms with Gasteiger partial charge in [0.25, 0.3) is 0 Å². The van der Waals surface area contributed by atoms with Crippen molar-refractivity contribution >= 4 is 22.7 Å². The van der Waals surface area contributed by atoms with Crippen LogP contribution in [0, 0.1) is 0 Å². The first-order valence-corrected chi connectivity index (χ1v) is 6.50. The van der Waals surface area contributed by atoms with Gasteiger partial charge in [-0.3, -0.25) is 4.79 Å². The number of para-hydroxylation sites is 1. The molecule has 0 saturated heterocycles. The Morgan fingerprint density at radius 3 is 2.57 bits per heavy atom. The Morgan fingerprint density at radius 1 is 1.00 bits per heavy atom. The van der Waals surface area contributed by atoms with E-state index >= 15 is 0 Å². The minimum absolute atomic E-state index is 0.127. The number of H-pyrrole nitrogens is 1. The summed E-state index contributed by atoms with van der Waals surface area (Å²) in [7, 11) is 1.32. The molecule has 0 radical (unpaired) electrons. The molecule has 3 rings (SSSR count). The summed E-state index contributed by atoms with van der Waals surface area (Å²) < 4.78 is 4.68. The molecule has 1 heterocycles. The molecule has 0 spiro atoms. The molecule has 0 unspecified atom stereocenters. The van der Waals surface area contributed by atoms with Crippen molar-refractivity contribution in [1.82, 2.24) is 4.98 Å². The lowest BCUT2D eigenvalue weighted by Gasteiger charge is -2.03. The molecular formula is C17H13NO3. The quantitative estimate of drug-likeness (QED) is 0.591. The smallest absolute Gasteiger partial charge is 0.337 e. The van der Waals surface area contributed by atoms with Crippen molar-refractivity contribution < 1.29 is 14.3 Å². The number of ether oxygens (including phenoxy) is 1. The number of ketones is 1. The molecule has 104 valence electrons. The molecule has 1 aromatic heterocycles. The minimum Gasteiger partial charge on any atom is -0.465 e. The van der Waals surface area contributed by atoms with Crippen LogP contribution in [-0.2, 0) is 4.74 Å². The Hall–Kier alpha value is -2.88. The Bertz CT molecular complexity index is 833. The average molecular weight is 279 g/mol. The van der Waals surface area contributed by atoms with Gasteiger partial charge in [-0.1, -0.05) is 30.3 Å². The molecule has 0 atom stereocenters. The van der Waals surface area contributed by atoms with E-state index in [2.05, 4.69) is 9.72 Å². The van der Waals surface area contributed by atoms with E-state index in [1.807, 2.05) is 24.3 Å². The first-order chi connectivity index (χ1) is 10.2. The topological polar surface area (TPSA) is 59.2 Å². The molecule has 0 saturated carbocycles. The third kappa shape index (κ3) is 2.31. The zero-order chi connectivity index (χ0) is 14.8. The number of carbonyl (C=O) groups excluding carboxylic acids is 2. The van der Waals surface area contributed by atoms with E-state index < -0.39 is 5.97 Å². The number of nitrogens with one attached hydrogen (secondary N) is 1. The second-order valence-corrected chi connectivity index (χ2v) is 4.65. The SMILES string of the molecule is COC(=O)c1cccc(C(=O)c2c[nH]c3ccccc23)c1. The maximum atomic E-state index is 12.6. The predicted molar refractivity (Wildman–Crippen MR) is 79.5 cm³/mol. The number of aromatic amines is 1. The van der Waals surface area contributed by atoms with Gasteiger partial charge in [0, 0.05) is 28.2 Å². The van der Waals surface area contributed by atoms with Crippen LogP contribution in [-0.4, -0.2) is 23.8 Å². The Kier molecular flexibility index (Phi) is 3.28. The van der Waals surface area contributed by atoms with Gasteiger partial charge in [-0.15, -0.1) is 0 Å². The fraction of sp³-hybridized carbons (Fsp3) is 0.0588. The first kappa shape index (κ1) is 13.1. The Balaban J connectivity index is 2.04. The highest BCUT2D eigenvalue weighted by Gasteiger charge is 2.15. The van der Waals surface area contributed by atoms with Crippen LogP contribution in [0.3, 0.4) is 0 Å². The normalized spacial score (nSPS) is 10.5. The van der Waals surface area contributed by atoms with Gasteiger partial charge in [0.05, 0.1) is 12.7 Å². The number of carbonyl (C=O) groups is 2. The van der Waals surface area contributed by atoms with Crippen LogP contribution in [0.25, 0.3) is 10.9 Å². The van der Waals surface area contributed by atoms with Crippen molar-refractivity contribution in [2.24, 2.45) is 0 Å². The minimum atomic E-state index is -0.455. The first-order valence-electron chi connectivity index (χ1n) is 6.50. The Labute approximate surface area is 121 Å². The number of aromatic nitrogens is 1. The van der Waals surface area contributed by atoms with E-state index in [1.54, 1.807) is 30.5 Å². The van der Waals surface area contributed by atoms with Crippen LogP contribution in [0.2, 0.25) is 0 Å². The van der Waals surface area contributed by atoms with Crippen LogP contribution < -0.4 is 0 Å². The maximum Gasteiger partial charge on any atom is 0.337 e. The average Bonchev–Trinajstić information content (AvgIpc) is 2.97. The van der Waals surface area contributed by atoms with Gasteiger partial charge in [-0.2, -0.15) is 0 Å². The summed E-state index contributed by atoms with van der Waals surface area (Å²) in [6, 6.07) is 14.1. The van der Waals surface area contributed by atoms with E-state index in [4.69, 9.17) is 0 Å². The summed E-state index contributed by atoms with van der Waals surface area (Å²) in [6.45, 7) is 0. The summed E-state index contributed by atoms with van der Waals surface area (Å²) in [5.74, 6) is -0.582. The van der Waals surface area contributed by atoms with Crippen LogP contribution in [0.1, 0.15) is 26.3 Å². The van der Waals surface area contributed by atoms with Crippen molar-refractivity contribution in [3.05, 3.63) is 71.4 Å². The number of fused-ring (bicyclic) bond motifs is 1. The maximum absolute atomic E-state index is 12.6. The highest BCUT2D eigenvalue weighted by Crippen LogP contribution is 2.21. The monoisotopic (exact) mass is 279 g/mol. The van der Waals surface area contributed by atoms with Gasteiger partial charge in [-0.25, -0.2) is 4.79 Å².